The summed E-state index contributed by atoms with van der Waals surface area (Å²) in [4.78, 5) is 10.5. The molecule has 1 aromatic rings. The second-order valence-corrected chi connectivity index (χ2v) is 4.52. The van der Waals surface area contributed by atoms with Crippen LogP contribution in [0.1, 0.15) is 11.1 Å². The van der Waals surface area contributed by atoms with E-state index in [0.29, 0.717) is 18.0 Å². The fourth-order valence-electron chi connectivity index (χ4n) is 1.57. The van der Waals surface area contributed by atoms with Gasteiger partial charge in [0.2, 0.25) is 0 Å². The minimum absolute atomic E-state index is 0.217. The van der Waals surface area contributed by atoms with Crippen LogP contribution in [-0.2, 0) is 6.42 Å². The van der Waals surface area contributed by atoms with Gasteiger partial charge in [0, 0.05) is 27.5 Å². The SMILES string of the molecule is COc1c(C)cc(Cl)cc1CCNC(=O)Br. The molecule has 0 radical (unpaired) electrons. The molecular weight excluding hydrogens is 293 g/mol. The van der Waals surface area contributed by atoms with E-state index in [1.54, 1.807) is 7.11 Å². The second-order valence-electron chi connectivity index (χ2n) is 3.37. The van der Waals surface area contributed by atoms with E-state index in [4.69, 9.17) is 16.3 Å². The Morgan fingerprint density at radius 1 is 1.56 bits per heavy atom. The van der Waals surface area contributed by atoms with Crippen LogP contribution in [0.15, 0.2) is 12.1 Å². The molecule has 0 unspecified atom stereocenters. The Kier molecular flexibility index (Phi) is 5.09. The smallest absolute Gasteiger partial charge is 0.287 e. The number of ether oxygens (including phenoxy) is 1. The van der Waals surface area contributed by atoms with Crippen molar-refractivity contribution >= 4 is 32.3 Å². The predicted molar refractivity (Wildman–Crippen MR) is 68.8 cm³/mol. The molecule has 0 saturated carbocycles. The van der Waals surface area contributed by atoms with Gasteiger partial charge in [-0.15, -0.1) is 0 Å². The van der Waals surface area contributed by atoms with E-state index in [1.807, 2.05) is 19.1 Å². The monoisotopic (exact) mass is 305 g/mol. The molecule has 0 aliphatic carbocycles. The standard InChI is InChI=1S/C11H13BrClNO2/c1-7-5-9(13)6-8(10(7)16-2)3-4-14-11(12)15/h5-6H,3-4H2,1-2H3,(H,14,15). The Hall–Kier alpha value is -0.740. The third-order valence-corrected chi connectivity index (χ3v) is 2.68. The van der Waals surface area contributed by atoms with Crippen LogP contribution in [0.5, 0.6) is 5.75 Å². The second kappa shape index (κ2) is 6.11. The molecule has 16 heavy (non-hydrogen) atoms. The van der Waals surface area contributed by atoms with Gasteiger partial charge >= 0.3 is 0 Å². The van der Waals surface area contributed by atoms with Gasteiger partial charge in [-0.25, -0.2) is 0 Å². The Morgan fingerprint density at radius 2 is 2.25 bits per heavy atom. The summed E-state index contributed by atoms with van der Waals surface area (Å²) in [6, 6.07) is 3.71. The molecule has 0 aliphatic rings. The summed E-state index contributed by atoms with van der Waals surface area (Å²) in [5, 5.41) is 3.34. The number of nitrogens with one attached hydrogen (secondary N) is 1. The summed E-state index contributed by atoms with van der Waals surface area (Å²) in [7, 11) is 1.63. The number of amides is 1. The number of methoxy groups -OCH3 is 1. The van der Waals surface area contributed by atoms with Gasteiger partial charge in [-0.2, -0.15) is 0 Å². The molecule has 0 atom stereocenters. The quantitative estimate of drug-likeness (QED) is 0.684. The first-order chi connectivity index (χ1) is 7.54. The summed E-state index contributed by atoms with van der Waals surface area (Å²) in [5.74, 6) is 0.827. The molecule has 0 heterocycles. The number of carbonyl (C=O) groups excluding carboxylic acids is 1. The normalized spacial score (nSPS) is 10.0. The molecule has 5 heteroatoms. The molecular formula is C11H13BrClNO2. The fourth-order valence-corrected chi connectivity index (χ4v) is 2.07. The van der Waals surface area contributed by atoms with E-state index in [1.165, 1.54) is 0 Å². The van der Waals surface area contributed by atoms with Gasteiger partial charge in [-0.1, -0.05) is 11.6 Å². The maximum atomic E-state index is 10.7. The number of rotatable bonds is 4. The number of aryl methyl sites for hydroxylation is 1. The zero-order valence-electron chi connectivity index (χ0n) is 9.14. The predicted octanol–water partition coefficient (Wildman–Crippen LogP) is 3.30. The first kappa shape index (κ1) is 13.3. The van der Waals surface area contributed by atoms with Crippen molar-refractivity contribution in [3.63, 3.8) is 0 Å². The van der Waals surface area contributed by atoms with Crippen molar-refractivity contribution < 1.29 is 9.53 Å². The van der Waals surface area contributed by atoms with Crippen LogP contribution in [0.4, 0.5) is 4.79 Å². The minimum Gasteiger partial charge on any atom is -0.496 e. The summed E-state index contributed by atoms with van der Waals surface area (Å²) < 4.78 is 5.31. The van der Waals surface area contributed by atoms with Crippen molar-refractivity contribution in [2.75, 3.05) is 13.7 Å². The van der Waals surface area contributed by atoms with Crippen molar-refractivity contribution in [1.82, 2.24) is 5.32 Å². The van der Waals surface area contributed by atoms with Gasteiger partial charge in [0.1, 0.15) is 5.75 Å². The lowest BCUT2D eigenvalue weighted by Crippen LogP contribution is -2.19. The van der Waals surface area contributed by atoms with Crippen molar-refractivity contribution in [3.05, 3.63) is 28.3 Å². The lowest BCUT2D eigenvalue weighted by atomic mass is 10.1. The largest absolute Gasteiger partial charge is 0.496 e. The number of carbonyl (C=O) groups is 1. The lowest BCUT2D eigenvalue weighted by Gasteiger charge is -2.12. The van der Waals surface area contributed by atoms with E-state index in [9.17, 15) is 4.79 Å². The van der Waals surface area contributed by atoms with Gasteiger partial charge in [-0.05, 0) is 36.6 Å². The van der Waals surface area contributed by atoms with E-state index < -0.39 is 0 Å². The minimum atomic E-state index is -0.217. The van der Waals surface area contributed by atoms with Crippen molar-refractivity contribution in [2.24, 2.45) is 0 Å². The highest BCUT2D eigenvalue weighted by atomic mass is 79.9. The molecule has 1 N–H and O–H groups in total. The zero-order valence-corrected chi connectivity index (χ0v) is 11.5. The summed E-state index contributed by atoms with van der Waals surface area (Å²) in [5.41, 5.74) is 1.99. The molecule has 3 nitrogen and oxygen atoms in total. The van der Waals surface area contributed by atoms with E-state index in [0.717, 1.165) is 16.9 Å². The van der Waals surface area contributed by atoms with Gasteiger partial charge < -0.3 is 10.1 Å². The van der Waals surface area contributed by atoms with Crippen LogP contribution >= 0.6 is 27.5 Å². The van der Waals surface area contributed by atoms with Crippen LogP contribution in [-0.4, -0.2) is 18.5 Å². The van der Waals surface area contributed by atoms with Gasteiger partial charge in [-0.3, -0.25) is 4.79 Å². The van der Waals surface area contributed by atoms with Crippen molar-refractivity contribution in [2.45, 2.75) is 13.3 Å². The summed E-state index contributed by atoms with van der Waals surface area (Å²) in [6.45, 7) is 2.48. The molecule has 1 rings (SSSR count). The highest BCUT2D eigenvalue weighted by Crippen LogP contribution is 2.27. The average molecular weight is 307 g/mol. The molecule has 0 aliphatic heterocycles. The lowest BCUT2D eigenvalue weighted by molar-refractivity contribution is 0.262. The fraction of sp³-hybridized carbons (Fsp3) is 0.364. The highest BCUT2D eigenvalue weighted by molar-refractivity contribution is 9.18. The Morgan fingerprint density at radius 3 is 2.81 bits per heavy atom. The first-order valence-corrected chi connectivity index (χ1v) is 5.98. The van der Waals surface area contributed by atoms with Crippen molar-refractivity contribution in [3.8, 4) is 5.75 Å². The van der Waals surface area contributed by atoms with E-state index in [-0.39, 0.29) is 4.82 Å². The van der Waals surface area contributed by atoms with Crippen LogP contribution in [0.3, 0.4) is 0 Å². The maximum absolute atomic E-state index is 10.7. The average Bonchev–Trinajstić information content (AvgIpc) is 2.16. The van der Waals surface area contributed by atoms with E-state index in [2.05, 4.69) is 21.2 Å². The third-order valence-electron chi connectivity index (χ3n) is 2.18. The van der Waals surface area contributed by atoms with Crippen LogP contribution in [0.2, 0.25) is 5.02 Å². The number of hydrogen-bond acceptors (Lipinski definition) is 2. The van der Waals surface area contributed by atoms with Gasteiger partial charge in [0.15, 0.2) is 0 Å². The van der Waals surface area contributed by atoms with E-state index >= 15 is 0 Å². The third kappa shape index (κ3) is 3.68. The van der Waals surface area contributed by atoms with Crippen LogP contribution in [0.25, 0.3) is 0 Å². The maximum Gasteiger partial charge on any atom is 0.287 e. The molecule has 0 fully saturated rings. The molecule has 1 amide bonds. The van der Waals surface area contributed by atoms with Gasteiger partial charge in [0.05, 0.1) is 7.11 Å². The number of halogens is 2. The zero-order chi connectivity index (χ0) is 12.1. The van der Waals surface area contributed by atoms with Crippen LogP contribution < -0.4 is 10.1 Å². The molecule has 0 aromatic heterocycles. The molecule has 1 aromatic carbocycles. The summed E-state index contributed by atoms with van der Waals surface area (Å²) in [6.07, 6.45) is 0.682. The Labute approximate surface area is 108 Å². The Bertz CT molecular complexity index is 396. The molecule has 88 valence electrons. The number of hydrogen-bond donors (Lipinski definition) is 1. The molecule has 0 spiro atoms. The number of benzene rings is 1. The highest BCUT2D eigenvalue weighted by Gasteiger charge is 2.08. The molecule has 0 saturated heterocycles. The Balaban J connectivity index is 2.81. The summed E-state index contributed by atoms with van der Waals surface area (Å²) >= 11 is 8.77. The van der Waals surface area contributed by atoms with Crippen molar-refractivity contribution in [1.29, 1.82) is 0 Å². The van der Waals surface area contributed by atoms with Crippen LogP contribution in [0, 0.1) is 6.92 Å². The topological polar surface area (TPSA) is 38.3 Å². The first-order valence-electron chi connectivity index (χ1n) is 4.81. The van der Waals surface area contributed by atoms with Gasteiger partial charge in [0.25, 0.3) is 4.82 Å². The molecule has 0 bridgehead atoms.